The predicted molar refractivity (Wildman–Crippen MR) is 72.2 cm³/mol. The van der Waals surface area contributed by atoms with Crippen LogP contribution in [0.2, 0.25) is 10.0 Å². The minimum atomic E-state index is 0.270. The van der Waals surface area contributed by atoms with Crippen LogP contribution in [0.25, 0.3) is 0 Å². The Morgan fingerprint density at radius 2 is 1.83 bits per heavy atom. The molecule has 94 valence electrons. The van der Waals surface area contributed by atoms with Crippen LogP contribution in [0.15, 0.2) is 23.4 Å². The lowest BCUT2D eigenvalue weighted by molar-refractivity contribution is 0.0275. The van der Waals surface area contributed by atoms with Crippen LogP contribution in [0.4, 0.5) is 0 Å². The third-order valence-electron chi connectivity index (χ3n) is 4.65. The van der Waals surface area contributed by atoms with Gasteiger partial charge in [0.25, 0.3) is 0 Å². The number of halogens is 2. The highest BCUT2D eigenvalue weighted by molar-refractivity contribution is 6.40. The van der Waals surface area contributed by atoms with Gasteiger partial charge in [-0.3, -0.25) is 0 Å². The van der Waals surface area contributed by atoms with Crippen LogP contribution in [0.5, 0.6) is 0 Å². The van der Waals surface area contributed by atoms with Gasteiger partial charge in [0, 0.05) is 11.5 Å². The topological polar surface area (TPSA) is 21.6 Å². The first-order chi connectivity index (χ1) is 8.75. The molecule has 4 atom stereocenters. The maximum atomic E-state index is 6.28. The molecule has 0 amide bonds. The number of benzene rings is 1. The molecule has 0 spiro atoms. The van der Waals surface area contributed by atoms with E-state index in [2.05, 4.69) is 5.16 Å². The molecule has 2 bridgehead atoms. The van der Waals surface area contributed by atoms with Crippen LogP contribution >= 0.6 is 23.2 Å². The van der Waals surface area contributed by atoms with E-state index in [1.165, 1.54) is 19.3 Å². The summed E-state index contributed by atoms with van der Waals surface area (Å²) in [5.41, 5.74) is 1.85. The summed E-state index contributed by atoms with van der Waals surface area (Å²) in [7, 11) is 0. The van der Waals surface area contributed by atoms with E-state index >= 15 is 0 Å². The van der Waals surface area contributed by atoms with Gasteiger partial charge in [0.05, 0.1) is 15.8 Å². The number of oxime groups is 1. The van der Waals surface area contributed by atoms with E-state index in [0.29, 0.717) is 27.8 Å². The second-order valence-corrected chi connectivity index (χ2v) is 6.32. The Hall–Kier alpha value is -0.730. The number of rotatable bonds is 1. The van der Waals surface area contributed by atoms with Crippen molar-refractivity contribution in [2.45, 2.75) is 25.4 Å². The summed E-state index contributed by atoms with van der Waals surface area (Å²) < 4.78 is 0. The highest BCUT2D eigenvalue weighted by Gasteiger charge is 2.54. The van der Waals surface area contributed by atoms with Crippen LogP contribution < -0.4 is 0 Å². The third kappa shape index (κ3) is 1.39. The monoisotopic (exact) mass is 281 g/mol. The summed E-state index contributed by atoms with van der Waals surface area (Å²) in [6.45, 7) is 0. The number of nitrogens with zero attached hydrogens (tertiary/aromatic N) is 1. The van der Waals surface area contributed by atoms with Crippen molar-refractivity contribution in [2.75, 3.05) is 0 Å². The van der Waals surface area contributed by atoms with Gasteiger partial charge < -0.3 is 4.84 Å². The molecule has 2 aliphatic carbocycles. The quantitative estimate of drug-likeness (QED) is 0.758. The number of hydrogen-bond donors (Lipinski definition) is 0. The maximum Gasteiger partial charge on any atom is 0.139 e. The Kier molecular flexibility index (Phi) is 2.40. The Morgan fingerprint density at radius 1 is 1.11 bits per heavy atom. The van der Waals surface area contributed by atoms with Gasteiger partial charge in [0.2, 0.25) is 0 Å². The van der Waals surface area contributed by atoms with Crippen LogP contribution in [0.3, 0.4) is 0 Å². The fourth-order valence-corrected chi connectivity index (χ4v) is 4.49. The van der Waals surface area contributed by atoms with E-state index in [1.807, 2.05) is 18.2 Å². The molecule has 4 rings (SSSR count). The van der Waals surface area contributed by atoms with E-state index in [0.717, 1.165) is 11.3 Å². The Morgan fingerprint density at radius 3 is 2.61 bits per heavy atom. The molecule has 1 aromatic rings. The van der Waals surface area contributed by atoms with Gasteiger partial charge in [-0.2, -0.15) is 0 Å². The molecule has 2 fully saturated rings. The third-order valence-corrected chi connectivity index (χ3v) is 5.28. The molecule has 0 aromatic heterocycles. The van der Waals surface area contributed by atoms with Crippen molar-refractivity contribution in [1.29, 1.82) is 0 Å². The summed E-state index contributed by atoms with van der Waals surface area (Å²) in [6, 6.07) is 5.60. The molecule has 3 aliphatic rings. The smallest absolute Gasteiger partial charge is 0.139 e. The van der Waals surface area contributed by atoms with Crippen LogP contribution in [0, 0.1) is 17.8 Å². The summed E-state index contributed by atoms with van der Waals surface area (Å²) in [5.74, 6) is 1.79. The van der Waals surface area contributed by atoms with E-state index in [-0.39, 0.29) is 6.10 Å². The molecule has 4 heteroatoms. The maximum absolute atomic E-state index is 6.28. The molecule has 1 aromatic carbocycles. The number of fused-ring (bicyclic) bond motifs is 5. The van der Waals surface area contributed by atoms with Crippen molar-refractivity contribution >= 4 is 28.9 Å². The predicted octanol–water partition coefficient (Wildman–Crippen LogP) is 4.14. The Labute approximate surface area is 116 Å². The van der Waals surface area contributed by atoms with Crippen LogP contribution in [-0.4, -0.2) is 11.8 Å². The van der Waals surface area contributed by atoms with Crippen molar-refractivity contribution in [1.82, 2.24) is 0 Å². The van der Waals surface area contributed by atoms with E-state index in [9.17, 15) is 0 Å². The minimum absolute atomic E-state index is 0.270. The molecule has 1 heterocycles. The minimum Gasteiger partial charge on any atom is -0.391 e. The Balaban J connectivity index is 1.78. The van der Waals surface area contributed by atoms with Gasteiger partial charge in [0.1, 0.15) is 6.10 Å². The van der Waals surface area contributed by atoms with E-state index < -0.39 is 0 Å². The molecule has 4 unspecified atom stereocenters. The van der Waals surface area contributed by atoms with E-state index in [4.69, 9.17) is 28.0 Å². The fourth-order valence-electron chi connectivity index (χ4n) is 3.90. The van der Waals surface area contributed by atoms with Gasteiger partial charge in [-0.25, -0.2) is 0 Å². The highest BCUT2D eigenvalue weighted by Crippen LogP contribution is 2.54. The van der Waals surface area contributed by atoms with Crippen molar-refractivity contribution in [3.63, 3.8) is 0 Å². The highest BCUT2D eigenvalue weighted by atomic mass is 35.5. The van der Waals surface area contributed by atoms with Crippen molar-refractivity contribution in [3.8, 4) is 0 Å². The normalized spacial score (nSPS) is 36.4. The Bertz CT molecular complexity index is 522. The summed E-state index contributed by atoms with van der Waals surface area (Å²) in [6.07, 6.45) is 4.11. The molecule has 2 nitrogen and oxygen atoms in total. The average Bonchev–Trinajstić information content (AvgIpc) is 3.00. The lowest BCUT2D eigenvalue weighted by Gasteiger charge is -2.23. The summed E-state index contributed by atoms with van der Waals surface area (Å²) in [5, 5.41) is 5.65. The van der Waals surface area contributed by atoms with Crippen LogP contribution in [0.1, 0.15) is 24.8 Å². The first kappa shape index (κ1) is 11.1. The van der Waals surface area contributed by atoms with Gasteiger partial charge >= 0.3 is 0 Å². The SMILES string of the molecule is Clc1cccc(Cl)c1C1=NOC2C3CCC(C3)C12. The summed E-state index contributed by atoms with van der Waals surface area (Å²) in [4.78, 5) is 5.66. The molecular formula is C14H13Cl2NO. The number of hydrogen-bond acceptors (Lipinski definition) is 2. The lowest BCUT2D eigenvalue weighted by atomic mass is 9.81. The molecule has 0 saturated heterocycles. The second kappa shape index (κ2) is 3.88. The lowest BCUT2D eigenvalue weighted by Crippen LogP contribution is -2.30. The van der Waals surface area contributed by atoms with Gasteiger partial charge in [-0.1, -0.05) is 34.4 Å². The van der Waals surface area contributed by atoms with Crippen LogP contribution in [-0.2, 0) is 4.84 Å². The van der Waals surface area contributed by atoms with Crippen molar-refractivity contribution in [2.24, 2.45) is 22.9 Å². The molecule has 1 aliphatic heterocycles. The van der Waals surface area contributed by atoms with Crippen molar-refractivity contribution < 1.29 is 4.84 Å². The molecule has 0 radical (unpaired) electrons. The summed E-state index contributed by atoms with van der Waals surface area (Å²) >= 11 is 12.6. The largest absolute Gasteiger partial charge is 0.391 e. The van der Waals surface area contributed by atoms with Crippen molar-refractivity contribution in [3.05, 3.63) is 33.8 Å². The molecule has 18 heavy (non-hydrogen) atoms. The zero-order chi connectivity index (χ0) is 12.3. The molecule has 0 N–H and O–H groups in total. The first-order valence-electron chi connectivity index (χ1n) is 6.44. The first-order valence-corrected chi connectivity index (χ1v) is 7.19. The standard InChI is InChI=1S/C14H13Cl2NO/c15-9-2-1-3-10(16)12(9)13-11-7-4-5-8(6-7)14(11)18-17-13/h1-3,7-8,11,14H,4-6H2. The molecular weight excluding hydrogens is 269 g/mol. The van der Waals surface area contributed by atoms with Gasteiger partial charge in [0.15, 0.2) is 0 Å². The average molecular weight is 282 g/mol. The zero-order valence-corrected chi connectivity index (χ0v) is 11.3. The molecule has 2 saturated carbocycles. The van der Waals surface area contributed by atoms with Gasteiger partial charge in [-0.15, -0.1) is 0 Å². The van der Waals surface area contributed by atoms with Gasteiger partial charge in [-0.05, 0) is 43.2 Å². The second-order valence-electron chi connectivity index (χ2n) is 5.50. The fraction of sp³-hybridized carbons (Fsp3) is 0.500. The zero-order valence-electron chi connectivity index (χ0n) is 9.77. The van der Waals surface area contributed by atoms with E-state index in [1.54, 1.807) is 0 Å².